The third kappa shape index (κ3) is 2.68. The molecule has 0 heterocycles. The molecule has 1 aromatic rings. The molecule has 1 atom stereocenters. The van der Waals surface area contributed by atoms with Gasteiger partial charge in [0.1, 0.15) is 11.4 Å². The lowest BCUT2D eigenvalue weighted by Gasteiger charge is -2.23. The minimum atomic E-state index is -1.35. The molecule has 0 radical (unpaired) electrons. The lowest BCUT2D eigenvalue weighted by atomic mass is 9.87. The number of ketones is 1. The number of aliphatic hydroxyl groups is 1. The molecule has 1 aliphatic rings. The van der Waals surface area contributed by atoms with Crippen molar-refractivity contribution in [3.05, 3.63) is 54.1 Å². The molecule has 1 aromatic carbocycles. The number of Topliss-reactive ketones (excluding diaryl/α,β-unsaturated/α-hetero) is 1. The van der Waals surface area contributed by atoms with Crippen LogP contribution in [0.4, 0.5) is 0 Å². The molecule has 0 saturated carbocycles. The third-order valence-corrected chi connectivity index (χ3v) is 3.05. The molecule has 0 bridgehead atoms. The Morgan fingerprint density at radius 1 is 1.33 bits per heavy atom. The van der Waals surface area contributed by atoms with Crippen molar-refractivity contribution < 1.29 is 14.6 Å². The van der Waals surface area contributed by atoms with Crippen LogP contribution in [-0.4, -0.2) is 23.6 Å². The van der Waals surface area contributed by atoms with E-state index in [2.05, 4.69) is 0 Å². The van der Waals surface area contributed by atoms with Crippen LogP contribution in [0.1, 0.15) is 12.0 Å². The van der Waals surface area contributed by atoms with Gasteiger partial charge in [-0.15, -0.1) is 0 Å². The number of carbonyl (C=O) groups is 1. The van der Waals surface area contributed by atoms with E-state index in [1.54, 1.807) is 25.3 Å². The third-order valence-electron chi connectivity index (χ3n) is 3.05. The normalized spacial score (nSPS) is 21.9. The van der Waals surface area contributed by atoms with Crippen LogP contribution in [0.25, 0.3) is 0 Å². The number of allylic oxidation sites excluding steroid dienone is 2. The number of methoxy groups -OCH3 is 1. The SMILES string of the molecule is COc1ccc(CC(=O)[C@@]2(O)C=CC=CC2)cc1. The summed E-state index contributed by atoms with van der Waals surface area (Å²) < 4.78 is 5.06. The van der Waals surface area contributed by atoms with E-state index in [0.717, 1.165) is 11.3 Å². The molecular formula is C15H16O3. The second-order valence-corrected chi connectivity index (χ2v) is 4.36. The van der Waals surface area contributed by atoms with E-state index in [4.69, 9.17) is 4.74 Å². The van der Waals surface area contributed by atoms with Crippen molar-refractivity contribution >= 4 is 5.78 Å². The summed E-state index contributed by atoms with van der Waals surface area (Å²) in [5.74, 6) is 0.568. The van der Waals surface area contributed by atoms with Crippen LogP contribution in [0, 0.1) is 0 Å². The van der Waals surface area contributed by atoms with Gasteiger partial charge in [-0.2, -0.15) is 0 Å². The van der Waals surface area contributed by atoms with Gasteiger partial charge in [0.15, 0.2) is 5.78 Å². The van der Waals surface area contributed by atoms with E-state index >= 15 is 0 Å². The first-order valence-electron chi connectivity index (χ1n) is 5.87. The van der Waals surface area contributed by atoms with Crippen LogP contribution < -0.4 is 4.74 Å². The van der Waals surface area contributed by atoms with Crippen LogP contribution in [0.2, 0.25) is 0 Å². The molecule has 0 fully saturated rings. The highest BCUT2D eigenvalue weighted by Crippen LogP contribution is 2.21. The molecule has 0 spiro atoms. The van der Waals surface area contributed by atoms with Gasteiger partial charge >= 0.3 is 0 Å². The summed E-state index contributed by atoms with van der Waals surface area (Å²) in [5, 5.41) is 10.2. The Morgan fingerprint density at radius 2 is 2.06 bits per heavy atom. The highest BCUT2D eigenvalue weighted by molar-refractivity contribution is 5.91. The number of ether oxygens (including phenoxy) is 1. The Bertz CT molecular complexity index is 485. The second kappa shape index (κ2) is 5.19. The quantitative estimate of drug-likeness (QED) is 0.881. The summed E-state index contributed by atoms with van der Waals surface area (Å²) in [5.41, 5.74) is -0.480. The average molecular weight is 244 g/mol. The molecule has 1 aliphatic carbocycles. The van der Waals surface area contributed by atoms with E-state index in [1.165, 1.54) is 0 Å². The zero-order chi connectivity index (χ0) is 13.0. The van der Waals surface area contributed by atoms with E-state index in [1.807, 2.05) is 30.3 Å². The van der Waals surface area contributed by atoms with Crippen molar-refractivity contribution in [1.29, 1.82) is 0 Å². The number of hydrogen-bond donors (Lipinski definition) is 1. The Kier molecular flexibility index (Phi) is 3.63. The predicted octanol–water partition coefficient (Wildman–Crippen LogP) is 2.05. The van der Waals surface area contributed by atoms with Gasteiger partial charge in [-0.05, 0) is 23.8 Å². The first kappa shape index (κ1) is 12.6. The second-order valence-electron chi connectivity index (χ2n) is 4.36. The number of hydrogen-bond acceptors (Lipinski definition) is 3. The molecule has 1 N–H and O–H groups in total. The molecule has 0 amide bonds. The average Bonchev–Trinajstić information content (AvgIpc) is 2.40. The topological polar surface area (TPSA) is 46.5 Å². The summed E-state index contributed by atoms with van der Waals surface area (Å²) in [6.45, 7) is 0. The van der Waals surface area contributed by atoms with Crippen molar-refractivity contribution in [2.75, 3.05) is 7.11 Å². The van der Waals surface area contributed by atoms with Gasteiger partial charge in [-0.3, -0.25) is 4.79 Å². The monoisotopic (exact) mass is 244 g/mol. The Balaban J connectivity index is 2.06. The fourth-order valence-corrected chi connectivity index (χ4v) is 1.90. The van der Waals surface area contributed by atoms with Crippen LogP contribution in [0.5, 0.6) is 5.75 Å². The van der Waals surface area contributed by atoms with E-state index in [9.17, 15) is 9.90 Å². The van der Waals surface area contributed by atoms with E-state index in [0.29, 0.717) is 6.42 Å². The lowest BCUT2D eigenvalue weighted by molar-refractivity contribution is -0.132. The summed E-state index contributed by atoms with van der Waals surface area (Å²) in [6.07, 6.45) is 7.45. The highest BCUT2D eigenvalue weighted by atomic mass is 16.5. The maximum atomic E-state index is 12.1. The van der Waals surface area contributed by atoms with E-state index < -0.39 is 5.60 Å². The smallest absolute Gasteiger partial charge is 0.172 e. The number of rotatable bonds is 4. The highest BCUT2D eigenvalue weighted by Gasteiger charge is 2.32. The number of benzene rings is 1. The molecule has 18 heavy (non-hydrogen) atoms. The molecular weight excluding hydrogens is 228 g/mol. The van der Waals surface area contributed by atoms with Crippen LogP contribution in [-0.2, 0) is 11.2 Å². The number of carbonyl (C=O) groups excluding carboxylic acids is 1. The summed E-state index contributed by atoms with van der Waals surface area (Å²) in [4.78, 5) is 12.1. The minimum Gasteiger partial charge on any atom is -0.497 e. The van der Waals surface area contributed by atoms with Gasteiger partial charge < -0.3 is 9.84 Å². The summed E-state index contributed by atoms with van der Waals surface area (Å²) in [6, 6.07) is 7.29. The first-order valence-corrected chi connectivity index (χ1v) is 5.87. The van der Waals surface area contributed by atoms with Crippen molar-refractivity contribution in [2.24, 2.45) is 0 Å². The lowest BCUT2D eigenvalue weighted by Crippen LogP contribution is -2.37. The van der Waals surface area contributed by atoms with Crippen LogP contribution in [0.3, 0.4) is 0 Å². The summed E-state index contributed by atoms with van der Waals surface area (Å²) in [7, 11) is 1.60. The fourth-order valence-electron chi connectivity index (χ4n) is 1.90. The van der Waals surface area contributed by atoms with Crippen LogP contribution in [0.15, 0.2) is 48.6 Å². The van der Waals surface area contributed by atoms with Crippen molar-refractivity contribution in [3.8, 4) is 5.75 Å². The zero-order valence-corrected chi connectivity index (χ0v) is 10.3. The maximum Gasteiger partial charge on any atom is 0.172 e. The molecule has 0 saturated heterocycles. The van der Waals surface area contributed by atoms with Gasteiger partial charge in [0.25, 0.3) is 0 Å². The summed E-state index contributed by atoms with van der Waals surface area (Å²) >= 11 is 0. The zero-order valence-electron chi connectivity index (χ0n) is 10.3. The van der Waals surface area contributed by atoms with Gasteiger partial charge in [0, 0.05) is 12.8 Å². The molecule has 0 unspecified atom stereocenters. The van der Waals surface area contributed by atoms with Crippen LogP contribution >= 0.6 is 0 Å². The van der Waals surface area contributed by atoms with Crippen molar-refractivity contribution in [2.45, 2.75) is 18.4 Å². The maximum absolute atomic E-state index is 12.1. The fraction of sp³-hybridized carbons (Fsp3) is 0.267. The molecule has 0 aliphatic heterocycles. The minimum absolute atomic E-state index is 0.187. The first-order chi connectivity index (χ1) is 8.64. The van der Waals surface area contributed by atoms with Gasteiger partial charge in [0.2, 0.25) is 0 Å². The standard InChI is InChI=1S/C15H16O3/c1-18-13-7-5-12(6-8-13)11-14(16)15(17)9-3-2-4-10-15/h2-9,17H,10-11H2,1H3/t15-/m1/s1. The van der Waals surface area contributed by atoms with Crippen molar-refractivity contribution in [1.82, 2.24) is 0 Å². The molecule has 3 heteroatoms. The molecule has 0 aromatic heterocycles. The van der Waals surface area contributed by atoms with Crippen molar-refractivity contribution in [3.63, 3.8) is 0 Å². The predicted molar refractivity (Wildman–Crippen MR) is 69.6 cm³/mol. The Hall–Kier alpha value is -1.87. The van der Waals surface area contributed by atoms with Gasteiger partial charge in [0.05, 0.1) is 7.11 Å². The molecule has 3 nitrogen and oxygen atoms in total. The Labute approximate surface area is 106 Å². The van der Waals surface area contributed by atoms with Gasteiger partial charge in [-0.25, -0.2) is 0 Å². The van der Waals surface area contributed by atoms with Gasteiger partial charge in [-0.1, -0.05) is 30.4 Å². The molecule has 94 valence electrons. The van der Waals surface area contributed by atoms with E-state index in [-0.39, 0.29) is 12.2 Å². The molecule has 2 rings (SSSR count). The Morgan fingerprint density at radius 3 is 2.61 bits per heavy atom. The largest absolute Gasteiger partial charge is 0.497 e.